The van der Waals surface area contributed by atoms with Crippen LogP contribution in [0.2, 0.25) is 0 Å². The van der Waals surface area contributed by atoms with Crippen LogP contribution in [0.4, 0.5) is 0 Å². The smallest absolute Gasteiger partial charge is 0.169 e. The number of methoxy groups -OCH3 is 4. The Labute approximate surface area is 120 Å². The van der Waals surface area contributed by atoms with Gasteiger partial charge in [0.1, 0.15) is 0 Å². The molecular weight excluding hydrogens is 258 g/mol. The van der Waals surface area contributed by atoms with Gasteiger partial charge in [-0.15, -0.1) is 0 Å². The van der Waals surface area contributed by atoms with Crippen molar-refractivity contribution in [1.29, 1.82) is 0 Å². The summed E-state index contributed by atoms with van der Waals surface area (Å²) in [6.07, 6.45) is 1.47. The average Bonchev–Trinajstić information content (AvgIpc) is 2.47. The fourth-order valence-corrected chi connectivity index (χ4v) is 2.98. The van der Waals surface area contributed by atoms with Gasteiger partial charge in [0, 0.05) is 39.0 Å². The Morgan fingerprint density at radius 2 is 1.60 bits per heavy atom. The molecule has 5 nitrogen and oxygen atoms in total. The van der Waals surface area contributed by atoms with Crippen molar-refractivity contribution in [3.8, 4) is 11.5 Å². The van der Waals surface area contributed by atoms with Gasteiger partial charge in [-0.05, 0) is 17.7 Å². The fraction of sp³-hybridized carbons (Fsp3) is 0.600. The van der Waals surface area contributed by atoms with Gasteiger partial charge in [0.25, 0.3) is 0 Å². The molecule has 1 saturated carbocycles. The summed E-state index contributed by atoms with van der Waals surface area (Å²) in [6, 6.07) is 5.93. The molecule has 0 radical (unpaired) electrons. The zero-order valence-corrected chi connectivity index (χ0v) is 12.6. The third-order valence-corrected chi connectivity index (χ3v) is 4.35. The lowest BCUT2D eigenvalue weighted by molar-refractivity contribution is -0.277. The molecule has 0 spiro atoms. The lowest BCUT2D eigenvalue weighted by Gasteiger charge is -2.54. The second-order valence-electron chi connectivity index (χ2n) is 5.23. The van der Waals surface area contributed by atoms with E-state index in [9.17, 15) is 0 Å². The number of rotatable bonds is 6. The largest absolute Gasteiger partial charge is 0.493 e. The molecule has 0 heterocycles. The van der Waals surface area contributed by atoms with Gasteiger partial charge in [-0.1, -0.05) is 6.07 Å². The van der Waals surface area contributed by atoms with E-state index in [-0.39, 0.29) is 5.41 Å². The van der Waals surface area contributed by atoms with Crippen LogP contribution in [0.15, 0.2) is 18.2 Å². The molecule has 2 rings (SSSR count). The van der Waals surface area contributed by atoms with E-state index in [1.54, 1.807) is 28.4 Å². The summed E-state index contributed by atoms with van der Waals surface area (Å²) in [5, 5.41) is 0. The lowest BCUT2D eigenvalue weighted by Crippen LogP contribution is -2.60. The zero-order valence-electron chi connectivity index (χ0n) is 12.6. The summed E-state index contributed by atoms with van der Waals surface area (Å²) in [7, 11) is 6.59. The molecule has 1 aliphatic carbocycles. The first-order chi connectivity index (χ1) is 9.58. The highest BCUT2D eigenvalue weighted by molar-refractivity contribution is 5.46. The first kappa shape index (κ1) is 15.1. The van der Waals surface area contributed by atoms with E-state index < -0.39 is 5.79 Å². The summed E-state index contributed by atoms with van der Waals surface area (Å²) in [5.41, 5.74) is 7.00. The van der Waals surface area contributed by atoms with Crippen LogP contribution in [0.5, 0.6) is 11.5 Å². The highest BCUT2D eigenvalue weighted by Crippen LogP contribution is 2.52. The van der Waals surface area contributed by atoms with E-state index in [0.29, 0.717) is 18.0 Å². The van der Waals surface area contributed by atoms with Gasteiger partial charge in [-0.25, -0.2) is 0 Å². The van der Waals surface area contributed by atoms with E-state index >= 15 is 0 Å². The maximum atomic E-state index is 6.01. The zero-order chi connectivity index (χ0) is 14.8. The van der Waals surface area contributed by atoms with Crippen molar-refractivity contribution >= 4 is 0 Å². The number of nitrogens with two attached hydrogens (primary N) is 1. The monoisotopic (exact) mass is 281 g/mol. The van der Waals surface area contributed by atoms with Crippen LogP contribution in [0.3, 0.4) is 0 Å². The third kappa shape index (κ3) is 2.26. The van der Waals surface area contributed by atoms with Gasteiger partial charge in [0.2, 0.25) is 0 Å². The third-order valence-electron chi connectivity index (χ3n) is 4.35. The van der Waals surface area contributed by atoms with Gasteiger partial charge in [0.05, 0.1) is 14.2 Å². The SMILES string of the molecule is COc1ccc(C2(CN)CC(OC)(OC)C2)cc1OC. The minimum Gasteiger partial charge on any atom is -0.493 e. The van der Waals surface area contributed by atoms with Crippen molar-refractivity contribution in [2.75, 3.05) is 35.0 Å². The maximum Gasteiger partial charge on any atom is 0.169 e. The van der Waals surface area contributed by atoms with Crippen molar-refractivity contribution in [2.45, 2.75) is 24.0 Å². The van der Waals surface area contributed by atoms with Crippen LogP contribution >= 0.6 is 0 Å². The summed E-state index contributed by atoms with van der Waals surface area (Å²) in [6.45, 7) is 0.539. The van der Waals surface area contributed by atoms with Gasteiger partial charge in [-0.3, -0.25) is 0 Å². The molecule has 1 aromatic carbocycles. The van der Waals surface area contributed by atoms with Crippen molar-refractivity contribution in [3.05, 3.63) is 23.8 Å². The molecule has 20 heavy (non-hydrogen) atoms. The molecule has 0 amide bonds. The summed E-state index contributed by atoms with van der Waals surface area (Å²) in [5.74, 6) is 0.907. The Morgan fingerprint density at radius 3 is 2.05 bits per heavy atom. The highest BCUT2D eigenvalue weighted by Gasteiger charge is 2.56. The van der Waals surface area contributed by atoms with Crippen LogP contribution < -0.4 is 15.2 Å². The number of hydrogen-bond acceptors (Lipinski definition) is 5. The Hall–Kier alpha value is -1.30. The topological polar surface area (TPSA) is 62.9 Å². The molecule has 1 fully saturated rings. The van der Waals surface area contributed by atoms with Gasteiger partial charge >= 0.3 is 0 Å². The average molecular weight is 281 g/mol. The highest BCUT2D eigenvalue weighted by atomic mass is 16.7. The molecule has 5 heteroatoms. The summed E-state index contributed by atoms with van der Waals surface area (Å²) >= 11 is 0. The minimum absolute atomic E-state index is 0.133. The predicted molar refractivity (Wildman–Crippen MR) is 76.3 cm³/mol. The molecule has 112 valence electrons. The second-order valence-corrected chi connectivity index (χ2v) is 5.23. The molecule has 0 bridgehead atoms. The molecule has 1 aromatic rings. The molecule has 0 atom stereocenters. The van der Waals surface area contributed by atoms with E-state index in [1.807, 2.05) is 18.2 Å². The van der Waals surface area contributed by atoms with Crippen molar-refractivity contribution in [3.63, 3.8) is 0 Å². The number of benzene rings is 1. The van der Waals surface area contributed by atoms with Crippen molar-refractivity contribution in [2.24, 2.45) is 5.73 Å². The van der Waals surface area contributed by atoms with Crippen LogP contribution in [-0.2, 0) is 14.9 Å². The van der Waals surface area contributed by atoms with E-state index in [0.717, 1.165) is 18.4 Å². The lowest BCUT2D eigenvalue weighted by atomic mass is 9.60. The Balaban J connectivity index is 2.30. The van der Waals surface area contributed by atoms with Crippen LogP contribution in [0.25, 0.3) is 0 Å². The van der Waals surface area contributed by atoms with Gasteiger partial charge in [0.15, 0.2) is 17.3 Å². The second kappa shape index (κ2) is 5.60. The van der Waals surface area contributed by atoms with Crippen molar-refractivity contribution < 1.29 is 18.9 Å². The molecule has 0 saturated heterocycles. The summed E-state index contributed by atoms with van der Waals surface area (Å²) < 4.78 is 21.6. The Bertz CT molecular complexity index is 463. The van der Waals surface area contributed by atoms with Crippen LogP contribution in [-0.4, -0.2) is 40.8 Å². The molecule has 0 unspecified atom stereocenters. The number of hydrogen-bond donors (Lipinski definition) is 1. The van der Waals surface area contributed by atoms with Crippen molar-refractivity contribution in [1.82, 2.24) is 0 Å². The first-order valence-corrected chi connectivity index (χ1v) is 6.61. The van der Waals surface area contributed by atoms with E-state index in [4.69, 9.17) is 24.7 Å². The molecule has 0 aliphatic heterocycles. The molecule has 0 aromatic heterocycles. The van der Waals surface area contributed by atoms with Crippen LogP contribution in [0, 0.1) is 0 Å². The Morgan fingerprint density at radius 1 is 1.00 bits per heavy atom. The normalized spacial score (nSPS) is 19.2. The maximum absolute atomic E-state index is 6.01. The minimum atomic E-state index is -0.521. The molecule has 2 N–H and O–H groups in total. The van der Waals surface area contributed by atoms with Gasteiger partial charge < -0.3 is 24.7 Å². The Kier molecular flexibility index (Phi) is 4.22. The van der Waals surface area contributed by atoms with E-state index in [2.05, 4.69) is 0 Å². The number of ether oxygens (including phenoxy) is 4. The predicted octanol–water partition coefficient (Wildman–Crippen LogP) is 1.68. The standard InChI is InChI=1S/C15H23NO4/c1-17-12-6-5-11(7-13(12)18-2)14(10-16)8-15(9-14,19-3)20-4/h5-7H,8-10,16H2,1-4H3. The quantitative estimate of drug-likeness (QED) is 0.804. The van der Waals surface area contributed by atoms with E-state index in [1.165, 1.54) is 0 Å². The first-order valence-electron chi connectivity index (χ1n) is 6.61. The van der Waals surface area contributed by atoms with Gasteiger partial charge in [-0.2, -0.15) is 0 Å². The van der Waals surface area contributed by atoms with Crippen LogP contribution in [0.1, 0.15) is 18.4 Å². The molecular formula is C15H23NO4. The molecule has 1 aliphatic rings. The summed E-state index contributed by atoms with van der Waals surface area (Å²) in [4.78, 5) is 0. The fourth-order valence-electron chi connectivity index (χ4n) is 2.98.